The molecule has 1 atom stereocenters. The summed E-state index contributed by atoms with van der Waals surface area (Å²) in [6.45, 7) is 2.08. The summed E-state index contributed by atoms with van der Waals surface area (Å²) in [6.07, 6.45) is 6.45. The minimum atomic E-state index is -0.387. The lowest BCUT2D eigenvalue weighted by atomic mass is 9.78. The van der Waals surface area contributed by atoms with Crippen LogP contribution in [0.5, 0.6) is 0 Å². The second-order valence-electron chi connectivity index (χ2n) is 4.38. The van der Waals surface area contributed by atoms with Crippen LogP contribution in [0.25, 0.3) is 0 Å². The number of benzene rings is 1. The zero-order valence-electron chi connectivity index (χ0n) is 10.00. The number of rotatable bonds is 2. The first-order valence-corrected chi connectivity index (χ1v) is 5.77. The molecule has 1 fully saturated rings. The Labute approximate surface area is 88.8 Å². The van der Waals surface area contributed by atoms with Gasteiger partial charge in [0.15, 0.2) is 0 Å². The fraction of sp³-hybridized carbons (Fsp3) is 0.571. The molecule has 1 aliphatic carbocycles. The lowest BCUT2D eigenvalue weighted by Crippen LogP contribution is -2.13. The molecule has 0 bridgehead atoms. The third-order valence-electron chi connectivity index (χ3n) is 3.45. The van der Waals surface area contributed by atoms with E-state index in [4.69, 9.17) is 1.37 Å². The van der Waals surface area contributed by atoms with Gasteiger partial charge >= 0.3 is 0 Å². The van der Waals surface area contributed by atoms with Crippen LogP contribution in [0.4, 0.5) is 0 Å². The van der Waals surface area contributed by atoms with Gasteiger partial charge in [-0.3, -0.25) is 0 Å². The smallest absolute Gasteiger partial charge is 0.0352 e. The zero-order valence-corrected chi connectivity index (χ0v) is 9.00. The van der Waals surface area contributed by atoms with Crippen LogP contribution in [0.3, 0.4) is 0 Å². The summed E-state index contributed by atoms with van der Waals surface area (Å²) >= 11 is 0. The lowest BCUT2D eigenvalue weighted by molar-refractivity contribution is 0.316. The van der Waals surface area contributed by atoms with E-state index in [0.29, 0.717) is 5.92 Å². The van der Waals surface area contributed by atoms with Gasteiger partial charge < -0.3 is 0 Å². The second kappa shape index (κ2) is 4.63. The van der Waals surface area contributed by atoms with E-state index in [0.717, 1.165) is 0 Å². The Kier molecular flexibility index (Phi) is 2.82. The molecule has 0 radical (unpaired) electrons. The maximum absolute atomic E-state index is 8.56. The Morgan fingerprint density at radius 1 is 1.14 bits per heavy atom. The predicted molar refractivity (Wildman–Crippen MR) is 61.4 cm³/mol. The Morgan fingerprint density at radius 3 is 2.43 bits per heavy atom. The van der Waals surface area contributed by atoms with Crippen LogP contribution in [0.2, 0.25) is 0 Å². The molecule has 0 amide bonds. The van der Waals surface area contributed by atoms with Crippen molar-refractivity contribution in [2.75, 3.05) is 0 Å². The maximum atomic E-state index is 8.56. The largest absolute Gasteiger partial charge is 0.0622 e. The molecule has 0 N–H and O–H groups in total. The Balaban J connectivity index is 2.18. The van der Waals surface area contributed by atoms with Crippen LogP contribution in [-0.2, 0) is 0 Å². The van der Waals surface area contributed by atoms with E-state index in [2.05, 4.69) is 19.1 Å². The van der Waals surface area contributed by atoms with Gasteiger partial charge in [0.05, 0.1) is 0 Å². The van der Waals surface area contributed by atoms with E-state index >= 15 is 0 Å². The van der Waals surface area contributed by atoms with Crippen LogP contribution in [0.15, 0.2) is 30.3 Å². The highest BCUT2D eigenvalue weighted by molar-refractivity contribution is 5.19. The van der Waals surface area contributed by atoms with Crippen molar-refractivity contribution < 1.29 is 1.37 Å². The Hall–Kier alpha value is -0.780. The van der Waals surface area contributed by atoms with Gasteiger partial charge in [0.1, 0.15) is 0 Å². The number of hydrogen-bond donors (Lipinski definition) is 0. The first kappa shape index (κ1) is 8.52. The highest BCUT2D eigenvalue weighted by Crippen LogP contribution is 2.35. The van der Waals surface area contributed by atoms with Crippen LogP contribution in [0, 0.1) is 5.92 Å². The van der Waals surface area contributed by atoms with Crippen LogP contribution in [0.1, 0.15) is 51.9 Å². The second-order valence-corrected chi connectivity index (χ2v) is 4.38. The summed E-state index contributed by atoms with van der Waals surface area (Å²) in [4.78, 5) is 0. The molecular formula is C14H20. The average Bonchev–Trinajstić information content (AvgIpc) is 2.31. The van der Waals surface area contributed by atoms with Gasteiger partial charge in [-0.2, -0.15) is 0 Å². The molecule has 1 unspecified atom stereocenters. The SMILES string of the molecule is [2H]C(C)(c1ccccc1)C1CCCCC1. The lowest BCUT2D eigenvalue weighted by Gasteiger charge is -2.27. The van der Waals surface area contributed by atoms with Gasteiger partial charge in [-0.1, -0.05) is 56.5 Å². The summed E-state index contributed by atoms with van der Waals surface area (Å²) in [5, 5.41) is 0. The minimum absolute atomic E-state index is 0.387. The summed E-state index contributed by atoms with van der Waals surface area (Å²) in [6, 6.07) is 10.3. The topological polar surface area (TPSA) is 0 Å². The molecule has 0 aliphatic heterocycles. The van der Waals surface area contributed by atoms with Gasteiger partial charge in [0, 0.05) is 1.37 Å². The monoisotopic (exact) mass is 189 g/mol. The van der Waals surface area contributed by atoms with Crippen LogP contribution in [-0.4, -0.2) is 0 Å². The van der Waals surface area contributed by atoms with Crippen molar-refractivity contribution in [3.63, 3.8) is 0 Å². The molecule has 1 aliphatic rings. The van der Waals surface area contributed by atoms with E-state index < -0.39 is 0 Å². The van der Waals surface area contributed by atoms with E-state index in [9.17, 15) is 0 Å². The van der Waals surface area contributed by atoms with Gasteiger partial charge in [0.2, 0.25) is 0 Å². The average molecular weight is 189 g/mol. The molecule has 1 aromatic rings. The molecule has 0 spiro atoms. The maximum Gasteiger partial charge on any atom is 0.0352 e. The van der Waals surface area contributed by atoms with Gasteiger partial charge in [-0.15, -0.1) is 0 Å². The molecule has 0 saturated heterocycles. The molecule has 1 aromatic carbocycles. The number of hydrogen-bond acceptors (Lipinski definition) is 0. The Morgan fingerprint density at radius 2 is 1.79 bits per heavy atom. The fourth-order valence-corrected chi connectivity index (χ4v) is 2.47. The normalized spacial score (nSPS) is 23.9. The van der Waals surface area contributed by atoms with Crippen molar-refractivity contribution in [3.8, 4) is 0 Å². The molecule has 0 heteroatoms. The highest BCUT2D eigenvalue weighted by Gasteiger charge is 2.20. The van der Waals surface area contributed by atoms with Crippen molar-refractivity contribution in [3.05, 3.63) is 35.9 Å². The standard InChI is InChI=1S/C14H20/c1-12(13-8-4-2-5-9-13)14-10-6-3-7-11-14/h2,4-5,8-9,12,14H,3,6-7,10-11H2,1H3/i12D. The Bertz CT molecular complexity index is 296. The molecule has 1 saturated carbocycles. The molecule has 14 heavy (non-hydrogen) atoms. The summed E-state index contributed by atoms with van der Waals surface area (Å²) in [5.74, 6) is 0.162. The molecule has 2 rings (SSSR count). The van der Waals surface area contributed by atoms with Crippen molar-refractivity contribution >= 4 is 0 Å². The first-order chi connectivity index (χ1) is 7.21. The van der Waals surface area contributed by atoms with Crippen molar-refractivity contribution in [1.82, 2.24) is 0 Å². The molecule has 76 valence electrons. The summed E-state index contributed by atoms with van der Waals surface area (Å²) in [5.41, 5.74) is 1.18. The quantitative estimate of drug-likeness (QED) is 0.648. The molecule has 0 nitrogen and oxygen atoms in total. The van der Waals surface area contributed by atoms with E-state index in [1.54, 1.807) is 0 Å². The molecule has 0 aromatic heterocycles. The molecular weight excluding hydrogens is 168 g/mol. The van der Waals surface area contributed by atoms with Crippen molar-refractivity contribution in [2.45, 2.75) is 44.9 Å². The first-order valence-electron chi connectivity index (χ1n) is 6.27. The zero-order chi connectivity index (χ0) is 10.7. The van der Waals surface area contributed by atoms with Crippen molar-refractivity contribution in [1.29, 1.82) is 0 Å². The third kappa shape index (κ3) is 2.17. The summed E-state index contributed by atoms with van der Waals surface area (Å²) < 4.78 is 8.56. The van der Waals surface area contributed by atoms with Crippen LogP contribution >= 0.6 is 0 Å². The fourth-order valence-electron chi connectivity index (χ4n) is 2.47. The highest BCUT2D eigenvalue weighted by atomic mass is 14.3. The summed E-state index contributed by atoms with van der Waals surface area (Å²) in [7, 11) is 0. The predicted octanol–water partition coefficient (Wildman–Crippen LogP) is 4.37. The molecule has 0 heterocycles. The van der Waals surface area contributed by atoms with E-state index in [-0.39, 0.29) is 5.89 Å². The van der Waals surface area contributed by atoms with Crippen LogP contribution < -0.4 is 0 Å². The van der Waals surface area contributed by atoms with E-state index in [1.807, 2.05) is 18.2 Å². The van der Waals surface area contributed by atoms with E-state index in [1.165, 1.54) is 37.7 Å². The third-order valence-corrected chi connectivity index (χ3v) is 3.45. The van der Waals surface area contributed by atoms with Gasteiger partial charge in [-0.05, 0) is 30.2 Å². The van der Waals surface area contributed by atoms with Crippen molar-refractivity contribution in [2.24, 2.45) is 5.92 Å². The minimum Gasteiger partial charge on any atom is -0.0622 e. The van der Waals surface area contributed by atoms with Gasteiger partial charge in [0.25, 0.3) is 0 Å². The van der Waals surface area contributed by atoms with Gasteiger partial charge in [-0.25, -0.2) is 0 Å².